The van der Waals surface area contributed by atoms with Gasteiger partial charge < -0.3 is 20.1 Å². The summed E-state index contributed by atoms with van der Waals surface area (Å²) in [6.45, 7) is 4.58. The van der Waals surface area contributed by atoms with Gasteiger partial charge in [0.1, 0.15) is 0 Å². The van der Waals surface area contributed by atoms with Crippen molar-refractivity contribution in [3.05, 3.63) is 114 Å². The molecule has 182 valence electrons. The molecule has 1 fully saturated rings. The van der Waals surface area contributed by atoms with Crippen LogP contribution in [0.15, 0.2) is 91.3 Å². The topological polar surface area (TPSA) is 62.2 Å². The number of pyridine rings is 1. The molecule has 1 amide bonds. The third kappa shape index (κ3) is 5.02. The number of aryl methyl sites for hydroxylation is 2. The van der Waals surface area contributed by atoms with Crippen LogP contribution in [0.1, 0.15) is 41.0 Å². The van der Waals surface area contributed by atoms with E-state index in [4.69, 9.17) is 12.2 Å². The second-order valence-electron chi connectivity index (χ2n) is 9.13. The van der Waals surface area contributed by atoms with Gasteiger partial charge in [-0.2, -0.15) is 0 Å². The van der Waals surface area contributed by atoms with Gasteiger partial charge in [0.05, 0.1) is 17.8 Å². The van der Waals surface area contributed by atoms with E-state index in [9.17, 15) is 4.79 Å². The molecule has 2 unspecified atom stereocenters. The van der Waals surface area contributed by atoms with Crippen LogP contribution in [-0.4, -0.2) is 32.0 Å². The number of hydrogen-bond acceptors (Lipinski definition) is 3. The lowest BCUT2D eigenvalue weighted by Crippen LogP contribution is -2.33. The number of benzene rings is 2. The van der Waals surface area contributed by atoms with Gasteiger partial charge in [-0.05, 0) is 80.2 Å². The molecule has 0 bridgehead atoms. The maximum absolute atomic E-state index is 12.8. The van der Waals surface area contributed by atoms with Gasteiger partial charge in [0.25, 0.3) is 0 Å². The number of aromatic nitrogens is 2. The summed E-state index contributed by atoms with van der Waals surface area (Å²) in [5.41, 5.74) is 6.19. The fraction of sp³-hybridized carbons (Fsp3) is 0.207. The van der Waals surface area contributed by atoms with Crippen molar-refractivity contribution in [3.63, 3.8) is 0 Å². The number of amides is 1. The van der Waals surface area contributed by atoms with E-state index in [-0.39, 0.29) is 18.0 Å². The van der Waals surface area contributed by atoms with E-state index in [1.807, 2.05) is 49.4 Å². The maximum atomic E-state index is 12.8. The molecule has 3 heterocycles. The lowest BCUT2D eigenvalue weighted by atomic mass is 10.0. The molecule has 2 aromatic heterocycles. The summed E-state index contributed by atoms with van der Waals surface area (Å²) in [5, 5.41) is 7.11. The number of nitrogens with one attached hydrogen (secondary N) is 2. The van der Waals surface area contributed by atoms with Crippen molar-refractivity contribution < 1.29 is 4.79 Å². The van der Waals surface area contributed by atoms with Crippen LogP contribution in [0.2, 0.25) is 0 Å². The molecule has 7 heteroatoms. The molecule has 0 aliphatic carbocycles. The van der Waals surface area contributed by atoms with Gasteiger partial charge >= 0.3 is 0 Å². The van der Waals surface area contributed by atoms with Crippen LogP contribution in [0.3, 0.4) is 0 Å². The van der Waals surface area contributed by atoms with Crippen molar-refractivity contribution >= 4 is 28.9 Å². The van der Waals surface area contributed by atoms with Gasteiger partial charge in [0.2, 0.25) is 5.91 Å². The first kappa shape index (κ1) is 23.8. The highest BCUT2D eigenvalue weighted by Crippen LogP contribution is 2.39. The molecule has 1 aliphatic rings. The highest BCUT2D eigenvalue weighted by molar-refractivity contribution is 7.80. The molecule has 2 aromatic carbocycles. The Morgan fingerprint density at radius 1 is 1.00 bits per heavy atom. The SMILES string of the molecule is Cc1ccc(-n2cccc2C2C(c3ccccn3)NC(=S)N2CCC(=O)Nc2cccc(C)c2)cc1. The first-order valence-electron chi connectivity index (χ1n) is 12.1. The van der Waals surface area contributed by atoms with E-state index in [2.05, 4.69) is 74.6 Å². The fourth-order valence-corrected chi connectivity index (χ4v) is 5.04. The van der Waals surface area contributed by atoms with Crippen LogP contribution >= 0.6 is 12.2 Å². The van der Waals surface area contributed by atoms with E-state index in [1.165, 1.54) is 5.56 Å². The number of rotatable bonds is 7. The number of carbonyl (C=O) groups is 1. The monoisotopic (exact) mass is 495 g/mol. The van der Waals surface area contributed by atoms with Crippen molar-refractivity contribution in [2.45, 2.75) is 32.4 Å². The van der Waals surface area contributed by atoms with Crippen molar-refractivity contribution in [2.75, 3.05) is 11.9 Å². The zero-order valence-electron chi connectivity index (χ0n) is 20.4. The molecule has 1 aliphatic heterocycles. The largest absolute Gasteiger partial charge is 0.352 e. The summed E-state index contributed by atoms with van der Waals surface area (Å²) < 4.78 is 2.19. The Balaban J connectivity index is 1.44. The molecule has 6 nitrogen and oxygen atoms in total. The van der Waals surface area contributed by atoms with Gasteiger partial charge in [-0.15, -0.1) is 0 Å². The zero-order valence-corrected chi connectivity index (χ0v) is 21.2. The van der Waals surface area contributed by atoms with E-state index in [0.29, 0.717) is 18.1 Å². The van der Waals surface area contributed by atoms with E-state index in [1.54, 1.807) is 6.20 Å². The predicted molar refractivity (Wildman–Crippen MR) is 147 cm³/mol. The van der Waals surface area contributed by atoms with Gasteiger partial charge in [-0.1, -0.05) is 35.9 Å². The number of hydrogen-bond donors (Lipinski definition) is 2. The molecule has 36 heavy (non-hydrogen) atoms. The molecular formula is C29H29N5OS. The molecule has 5 rings (SSSR count). The Morgan fingerprint density at radius 2 is 1.83 bits per heavy atom. The Hall–Kier alpha value is -3.97. The summed E-state index contributed by atoms with van der Waals surface area (Å²) in [7, 11) is 0. The normalized spacial score (nSPS) is 17.2. The fourth-order valence-electron chi connectivity index (χ4n) is 4.71. The highest BCUT2D eigenvalue weighted by atomic mass is 32.1. The second kappa shape index (κ2) is 10.3. The lowest BCUT2D eigenvalue weighted by Gasteiger charge is -2.29. The van der Waals surface area contributed by atoms with Gasteiger partial charge in [-0.3, -0.25) is 9.78 Å². The molecule has 0 radical (unpaired) electrons. The zero-order chi connectivity index (χ0) is 25.1. The van der Waals surface area contributed by atoms with Crippen LogP contribution in [0, 0.1) is 13.8 Å². The Kier molecular flexibility index (Phi) is 6.82. The minimum atomic E-state index is -0.141. The Morgan fingerprint density at radius 3 is 2.58 bits per heavy atom. The van der Waals surface area contributed by atoms with Crippen LogP contribution in [0.4, 0.5) is 5.69 Å². The average Bonchev–Trinajstić information content (AvgIpc) is 3.48. The lowest BCUT2D eigenvalue weighted by molar-refractivity contribution is -0.116. The number of nitrogens with zero attached hydrogens (tertiary/aromatic N) is 3. The smallest absolute Gasteiger partial charge is 0.226 e. The molecule has 1 saturated heterocycles. The average molecular weight is 496 g/mol. The van der Waals surface area contributed by atoms with E-state index >= 15 is 0 Å². The van der Waals surface area contributed by atoms with Gasteiger partial charge in [0.15, 0.2) is 5.11 Å². The Bertz CT molecular complexity index is 1370. The third-order valence-electron chi connectivity index (χ3n) is 6.47. The molecule has 2 N–H and O–H groups in total. The molecule has 4 aromatic rings. The summed E-state index contributed by atoms with van der Waals surface area (Å²) in [6, 6.07) is 26.1. The quantitative estimate of drug-likeness (QED) is 0.332. The van der Waals surface area contributed by atoms with Crippen molar-refractivity contribution in [3.8, 4) is 5.69 Å². The van der Waals surface area contributed by atoms with Gasteiger partial charge in [-0.25, -0.2) is 0 Å². The van der Waals surface area contributed by atoms with Crippen LogP contribution in [0.25, 0.3) is 5.69 Å². The van der Waals surface area contributed by atoms with Crippen LogP contribution in [0.5, 0.6) is 0 Å². The minimum Gasteiger partial charge on any atom is -0.352 e. The summed E-state index contributed by atoms with van der Waals surface area (Å²) in [4.78, 5) is 19.6. The minimum absolute atomic E-state index is 0.0441. The number of anilines is 1. The first-order chi connectivity index (χ1) is 17.5. The van der Waals surface area contributed by atoms with E-state index < -0.39 is 0 Å². The number of thiocarbonyl (C=S) groups is 1. The van der Waals surface area contributed by atoms with Crippen molar-refractivity contribution in [2.24, 2.45) is 0 Å². The van der Waals surface area contributed by atoms with Gasteiger partial charge in [0, 0.05) is 42.4 Å². The maximum Gasteiger partial charge on any atom is 0.226 e. The predicted octanol–water partition coefficient (Wildman–Crippen LogP) is 5.49. The summed E-state index contributed by atoms with van der Waals surface area (Å²) >= 11 is 5.79. The molecule has 0 saturated carbocycles. The summed E-state index contributed by atoms with van der Waals surface area (Å²) in [5.74, 6) is -0.0441. The third-order valence-corrected chi connectivity index (χ3v) is 6.83. The van der Waals surface area contributed by atoms with E-state index in [0.717, 1.165) is 28.3 Å². The van der Waals surface area contributed by atoms with Crippen molar-refractivity contribution in [1.29, 1.82) is 0 Å². The molecule has 2 atom stereocenters. The molecule has 0 spiro atoms. The highest BCUT2D eigenvalue weighted by Gasteiger charge is 2.41. The number of carbonyl (C=O) groups excluding carboxylic acids is 1. The summed E-state index contributed by atoms with van der Waals surface area (Å²) in [6.07, 6.45) is 4.18. The second-order valence-corrected chi connectivity index (χ2v) is 9.51. The Labute approximate surface area is 217 Å². The molecular weight excluding hydrogens is 466 g/mol. The first-order valence-corrected chi connectivity index (χ1v) is 12.5. The van der Waals surface area contributed by atoms with Crippen LogP contribution in [-0.2, 0) is 4.79 Å². The van der Waals surface area contributed by atoms with Crippen molar-refractivity contribution in [1.82, 2.24) is 19.8 Å². The van der Waals surface area contributed by atoms with Crippen LogP contribution < -0.4 is 10.6 Å². The standard InChI is InChI=1S/C29H29N5OS/c1-20-11-13-23(14-12-20)33-17-6-10-25(33)28-27(24-9-3-4-16-30-24)32-29(36)34(28)18-15-26(35)31-22-8-5-7-21(2)19-22/h3-14,16-17,19,27-28H,15,18H2,1-2H3,(H,31,35)(H,32,36).